The number of carbonyl (C=O) groups excluding carboxylic acids is 2. The Kier molecular flexibility index (Phi) is 15.3. The summed E-state index contributed by atoms with van der Waals surface area (Å²) in [5.74, 6) is 0. The number of nitriles is 2. The van der Waals surface area contributed by atoms with Gasteiger partial charge in [-0.05, 0) is 86.5 Å². The zero-order chi connectivity index (χ0) is 35.3. The Morgan fingerprint density at radius 3 is 1.27 bits per heavy atom. The molecule has 0 unspecified atom stereocenters. The lowest BCUT2D eigenvalue weighted by Gasteiger charge is -2.45. The van der Waals surface area contributed by atoms with E-state index in [4.69, 9.17) is 9.47 Å². The SMILES string of the molecule is CC(C)(C)OC(=O)N1CCCCC1.CC(C)(C)OC(=O)N1CCN(C2(C#N)CCCCC2)CC1.N#CC1(N2CCNCC2)CCCCC1. The molecule has 2 saturated carbocycles. The monoisotopic (exact) mass is 672 g/mol. The Labute approximate surface area is 291 Å². The zero-order valence-corrected chi connectivity index (χ0v) is 31.1. The molecule has 0 bridgehead atoms. The van der Waals surface area contributed by atoms with Gasteiger partial charge >= 0.3 is 12.2 Å². The first kappa shape index (κ1) is 39.8. The predicted molar refractivity (Wildman–Crippen MR) is 188 cm³/mol. The molecule has 5 aliphatic rings. The first-order valence-corrected chi connectivity index (χ1v) is 18.7. The number of amides is 2. The second-order valence-corrected chi connectivity index (χ2v) is 16.1. The number of piperidine rings is 1. The summed E-state index contributed by atoms with van der Waals surface area (Å²) in [7, 11) is 0. The molecule has 2 amide bonds. The van der Waals surface area contributed by atoms with Crippen LogP contribution in [0.4, 0.5) is 9.59 Å². The van der Waals surface area contributed by atoms with E-state index in [1.165, 1.54) is 32.1 Å². The van der Waals surface area contributed by atoms with Gasteiger partial charge in [-0.25, -0.2) is 9.59 Å². The highest BCUT2D eigenvalue weighted by Gasteiger charge is 2.41. The smallest absolute Gasteiger partial charge is 0.410 e. The molecule has 0 aromatic rings. The van der Waals surface area contributed by atoms with Crippen molar-refractivity contribution >= 4 is 12.2 Å². The van der Waals surface area contributed by atoms with E-state index in [0.717, 1.165) is 104 Å². The van der Waals surface area contributed by atoms with Gasteiger partial charge in [-0.3, -0.25) is 9.80 Å². The van der Waals surface area contributed by atoms with Crippen molar-refractivity contribution in [3.8, 4) is 12.1 Å². The molecule has 0 radical (unpaired) electrons. The van der Waals surface area contributed by atoms with Gasteiger partial charge in [-0.2, -0.15) is 10.5 Å². The number of hydrogen-bond acceptors (Lipinski definition) is 9. The minimum Gasteiger partial charge on any atom is -0.444 e. The molecule has 272 valence electrons. The van der Waals surface area contributed by atoms with E-state index in [1.807, 2.05) is 41.5 Å². The Hall–Kier alpha value is -2.60. The molecular formula is C37H65N7O4. The van der Waals surface area contributed by atoms with E-state index >= 15 is 0 Å². The van der Waals surface area contributed by atoms with Gasteiger partial charge in [0.25, 0.3) is 0 Å². The van der Waals surface area contributed by atoms with E-state index in [9.17, 15) is 20.1 Å². The van der Waals surface area contributed by atoms with Gasteiger partial charge in [0, 0.05) is 65.4 Å². The fourth-order valence-corrected chi connectivity index (χ4v) is 7.41. The van der Waals surface area contributed by atoms with Crippen molar-refractivity contribution in [1.29, 1.82) is 10.5 Å². The molecule has 11 heteroatoms. The summed E-state index contributed by atoms with van der Waals surface area (Å²) in [6.45, 7) is 20.1. The molecule has 2 aliphatic carbocycles. The molecule has 0 spiro atoms. The van der Waals surface area contributed by atoms with E-state index in [0.29, 0.717) is 13.1 Å². The van der Waals surface area contributed by atoms with Gasteiger partial charge in [0.1, 0.15) is 22.3 Å². The molecule has 0 atom stereocenters. The van der Waals surface area contributed by atoms with Crippen LogP contribution in [0.3, 0.4) is 0 Å². The van der Waals surface area contributed by atoms with Crippen LogP contribution in [0.15, 0.2) is 0 Å². The fourth-order valence-electron chi connectivity index (χ4n) is 7.41. The number of piperazine rings is 2. The van der Waals surface area contributed by atoms with Crippen LogP contribution in [-0.2, 0) is 9.47 Å². The molecule has 0 aromatic carbocycles. The van der Waals surface area contributed by atoms with Crippen LogP contribution in [0, 0.1) is 22.7 Å². The summed E-state index contributed by atoms with van der Waals surface area (Å²) < 4.78 is 10.7. The predicted octanol–water partition coefficient (Wildman–Crippen LogP) is 6.29. The van der Waals surface area contributed by atoms with E-state index in [1.54, 1.807) is 9.80 Å². The summed E-state index contributed by atoms with van der Waals surface area (Å²) in [4.78, 5) is 31.8. The number of nitrogens with zero attached hydrogens (tertiary/aromatic N) is 6. The Bertz CT molecular complexity index is 1070. The van der Waals surface area contributed by atoms with Crippen molar-refractivity contribution in [2.45, 2.75) is 147 Å². The number of ether oxygens (including phenoxy) is 2. The van der Waals surface area contributed by atoms with Crippen molar-refractivity contribution < 1.29 is 19.1 Å². The Balaban J connectivity index is 0.000000203. The molecule has 11 nitrogen and oxygen atoms in total. The third-order valence-electron chi connectivity index (χ3n) is 10.0. The average molecular weight is 672 g/mol. The fraction of sp³-hybridized carbons (Fsp3) is 0.892. The first-order valence-electron chi connectivity index (χ1n) is 18.7. The standard InChI is InChI=1S/C16H27N3O2.C11H19N3.C10H19NO2/c1-15(2,3)21-14(20)18-9-11-19(12-10-18)16(13-17)7-5-4-6-8-16;12-10-11(4-2-1-3-5-11)14-8-6-13-7-9-14;1-10(2,3)13-9(12)11-7-5-4-6-8-11/h4-12H2,1-3H3;13H,1-9H2;4-8H2,1-3H3. The van der Waals surface area contributed by atoms with Crippen LogP contribution in [0.2, 0.25) is 0 Å². The van der Waals surface area contributed by atoms with Crippen LogP contribution in [0.5, 0.6) is 0 Å². The minimum atomic E-state index is -0.453. The van der Waals surface area contributed by atoms with Crippen LogP contribution < -0.4 is 5.32 Å². The molecule has 5 rings (SSSR count). The van der Waals surface area contributed by atoms with Crippen molar-refractivity contribution in [3.05, 3.63) is 0 Å². The molecule has 1 N–H and O–H groups in total. The van der Waals surface area contributed by atoms with Crippen molar-refractivity contribution in [2.24, 2.45) is 0 Å². The van der Waals surface area contributed by atoms with E-state index in [-0.39, 0.29) is 28.9 Å². The average Bonchev–Trinajstić information content (AvgIpc) is 3.09. The maximum Gasteiger partial charge on any atom is 0.410 e. The molecule has 0 aromatic heterocycles. The highest BCUT2D eigenvalue weighted by atomic mass is 16.6. The summed E-state index contributed by atoms with van der Waals surface area (Å²) in [6.07, 6.45) is 14.5. The second-order valence-electron chi connectivity index (χ2n) is 16.1. The highest BCUT2D eigenvalue weighted by molar-refractivity contribution is 5.68. The van der Waals surface area contributed by atoms with E-state index in [2.05, 4.69) is 27.3 Å². The topological polar surface area (TPSA) is 125 Å². The summed E-state index contributed by atoms with van der Waals surface area (Å²) in [5.41, 5.74) is -1.22. The number of likely N-dealkylation sites (tertiary alicyclic amines) is 1. The second kappa shape index (κ2) is 18.4. The number of nitrogens with one attached hydrogen (secondary N) is 1. The van der Waals surface area contributed by atoms with Gasteiger partial charge in [0.2, 0.25) is 0 Å². The number of hydrogen-bond donors (Lipinski definition) is 1. The molecule has 3 aliphatic heterocycles. The van der Waals surface area contributed by atoms with Crippen LogP contribution in [0.25, 0.3) is 0 Å². The van der Waals surface area contributed by atoms with Crippen LogP contribution >= 0.6 is 0 Å². The maximum absolute atomic E-state index is 12.1. The minimum absolute atomic E-state index is 0.111. The van der Waals surface area contributed by atoms with Crippen LogP contribution in [-0.4, -0.2) is 120 Å². The molecule has 3 saturated heterocycles. The Morgan fingerprint density at radius 2 is 0.896 bits per heavy atom. The molecular weight excluding hydrogens is 606 g/mol. The lowest BCUT2D eigenvalue weighted by Crippen LogP contribution is -2.58. The van der Waals surface area contributed by atoms with Gasteiger partial charge in [0.05, 0.1) is 12.1 Å². The van der Waals surface area contributed by atoms with Crippen LogP contribution in [0.1, 0.15) is 125 Å². The third-order valence-corrected chi connectivity index (χ3v) is 10.0. The lowest BCUT2D eigenvalue weighted by atomic mass is 9.81. The third kappa shape index (κ3) is 12.4. The van der Waals surface area contributed by atoms with Gasteiger partial charge in [-0.15, -0.1) is 0 Å². The van der Waals surface area contributed by atoms with Crippen molar-refractivity contribution in [1.82, 2.24) is 24.9 Å². The lowest BCUT2D eigenvalue weighted by molar-refractivity contribution is -0.000327. The molecule has 48 heavy (non-hydrogen) atoms. The first-order chi connectivity index (χ1) is 22.7. The van der Waals surface area contributed by atoms with E-state index < -0.39 is 5.60 Å². The van der Waals surface area contributed by atoms with Crippen molar-refractivity contribution in [3.63, 3.8) is 0 Å². The summed E-state index contributed by atoms with van der Waals surface area (Å²) in [5, 5.41) is 22.4. The molecule has 3 heterocycles. The van der Waals surface area contributed by atoms with Gasteiger partial charge in [0.15, 0.2) is 0 Å². The number of carbonyl (C=O) groups is 2. The summed E-state index contributed by atoms with van der Waals surface area (Å²) >= 11 is 0. The maximum atomic E-state index is 12.1. The zero-order valence-electron chi connectivity index (χ0n) is 31.1. The number of rotatable bonds is 2. The summed E-state index contributed by atoms with van der Waals surface area (Å²) in [6, 6.07) is 5.15. The van der Waals surface area contributed by atoms with Gasteiger partial charge < -0.3 is 24.6 Å². The largest absolute Gasteiger partial charge is 0.444 e. The quantitative estimate of drug-likeness (QED) is 0.361. The Morgan fingerprint density at radius 1 is 0.542 bits per heavy atom. The molecule has 5 fully saturated rings. The van der Waals surface area contributed by atoms with Crippen molar-refractivity contribution in [2.75, 3.05) is 65.4 Å². The van der Waals surface area contributed by atoms with Gasteiger partial charge in [-0.1, -0.05) is 38.5 Å². The normalized spacial score (nSPS) is 23.5. The highest BCUT2D eigenvalue weighted by Crippen LogP contribution is 2.34.